The zero-order chi connectivity index (χ0) is 24.5. The molecule has 2 aliphatic rings. The smallest absolute Gasteiger partial charge is 0.162 e. The van der Waals surface area contributed by atoms with Gasteiger partial charge >= 0.3 is 0 Å². The molecule has 1 saturated heterocycles. The molecule has 1 aliphatic heterocycles. The second-order valence-electron chi connectivity index (χ2n) is 10.3. The van der Waals surface area contributed by atoms with Gasteiger partial charge in [-0.25, -0.2) is 4.98 Å². The van der Waals surface area contributed by atoms with E-state index in [1.807, 2.05) is 12.3 Å². The third kappa shape index (κ3) is 4.46. The molecule has 4 aromatic rings. The van der Waals surface area contributed by atoms with E-state index in [1.165, 1.54) is 45.2 Å². The fourth-order valence-corrected chi connectivity index (χ4v) is 6.17. The van der Waals surface area contributed by atoms with Gasteiger partial charge in [0.25, 0.3) is 0 Å². The lowest BCUT2D eigenvalue weighted by molar-refractivity contribution is 0.0775. The van der Waals surface area contributed by atoms with Gasteiger partial charge < -0.3 is 19.0 Å². The summed E-state index contributed by atoms with van der Waals surface area (Å²) in [4.78, 5) is 13.4. The molecule has 36 heavy (non-hydrogen) atoms. The Balaban J connectivity index is 1.25. The molecule has 3 aromatic heterocycles. The van der Waals surface area contributed by atoms with Crippen LogP contribution in [-0.2, 0) is 6.54 Å². The molecular formula is C29H37N5O2. The molecule has 1 aromatic carbocycles. The van der Waals surface area contributed by atoms with Crippen molar-refractivity contribution in [1.82, 2.24) is 24.3 Å². The lowest BCUT2D eigenvalue weighted by atomic mass is 9.94. The van der Waals surface area contributed by atoms with Gasteiger partial charge in [-0.1, -0.05) is 19.3 Å². The average Bonchev–Trinajstić information content (AvgIpc) is 3.53. The van der Waals surface area contributed by atoms with E-state index in [9.17, 15) is 0 Å². The van der Waals surface area contributed by atoms with Crippen LogP contribution in [0.2, 0.25) is 0 Å². The topological polar surface area (TPSA) is 58.5 Å². The fourth-order valence-electron chi connectivity index (χ4n) is 6.17. The molecule has 0 spiro atoms. The van der Waals surface area contributed by atoms with Gasteiger partial charge in [0, 0.05) is 85.8 Å². The van der Waals surface area contributed by atoms with Crippen molar-refractivity contribution in [1.29, 1.82) is 0 Å². The first kappa shape index (κ1) is 23.4. The van der Waals surface area contributed by atoms with Crippen LogP contribution in [0.25, 0.3) is 33.2 Å². The molecule has 0 radical (unpaired) electrons. The van der Waals surface area contributed by atoms with E-state index in [0.717, 1.165) is 76.9 Å². The summed E-state index contributed by atoms with van der Waals surface area (Å²) in [7, 11) is 3.40. The van der Waals surface area contributed by atoms with Gasteiger partial charge in [0.05, 0.1) is 19.7 Å². The highest BCUT2D eigenvalue weighted by Gasteiger charge is 2.25. The summed E-state index contributed by atoms with van der Waals surface area (Å²) >= 11 is 0. The summed E-state index contributed by atoms with van der Waals surface area (Å²) < 4.78 is 13.7. The maximum Gasteiger partial charge on any atom is 0.162 e. The Bertz CT molecular complexity index is 1300. The molecule has 1 saturated carbocycles. The zero-order valence-electron chi connectivity index (χ0n) is 21.5. The van der Waals surface area contributed by atoms with E-state index >= 15 is 0 Å². The van der Waals surface area contributed by atoms with Crippen molar-refractivity contribution in [3.05, 3.63) is 42.7 Å². The number of hydrogen-bond acceptors (Lipinski definition) is 5. The first-order valence-electron chi connectivity index (χ1n) is 13.4. The van der Waals surface area contributed by atoms with E-state index in [-0.39, 0.29) is 0 Å². The van der Waals surface area contributed by atoms with Crippen molar-refractivity contribution in [2.45, 2.75) is 44.7 Å². The summed E-state index contributed by atoms with van der Waals surface area (Å²) in [6, 6.07) is 11.3. The number of ether oxygens (including phenoxy) is 2. The minimum Gasteiger partial charge on any atom is -0.493 e. The van der Waals surface area contributed by atoms with E-state index < -0.39 is 0 Å². The van der Waals surface area contributed by atoms with Gasteiger partial charge in [0.2, 0.25) is 0 Å². The molecule has 0 amide bonds. The fraction of sp³-hybridized carbons (Fsp3) is 0.483. The van der Waals surface area contributed by atoms with Crippen molar-refractivity contribution in [2.24, 2.45) is 0 Å². The molecule has 4 heterocycles. The maximum atomic E-state index is 5.65. The van der Waals surface area contributed by atoms with Crippen LogP contribution in [0.1, 0.15) is 32.1 Å². The molecule has 7 heteroatoms. The van der Waals surface area contributed by atoms with Gasteiger partial charge in [-0.05, 0) is 37.1 Å². The van der Waals surface area contributed by atoms with Gasteiger partial charge in [0.1, 0.15) is 5.65 Å². The number of nitrogens with one attached hydrogen (secondary N) is 1. The van der Waals surface area contributed by atoms with Crippen LogP contribution in [-0.4, -0.2) is 77.3 Å². The number of aromatic amines is 1. The van der Waals surface area contributed by atoms with Crippen LogP contribution in [0.4, 0.5) is 0 Å². The van der Waals surface area contributed by atoms with Crippen LogP contribution in [0.15, 0.2) is 42.7 Å². The van der Waals surface area contributed by atoms with Gasteiger partial charge in [-0.3, -0.25) is 9.80 Å². The molecular weight excluding hydrogens is 450 g/mol. The lowest BCUT2D eigenvalue weighted by Gasteiger charge is -2.40. The van der Waals surface area contributed by atoms with Gasteiger partial charge in [-0.15, -0.1) is 0 Å². The van der Waals surface area contributed by atoms with E-state index in [4.69, 9.17) is 9.47 Å². The first-order valence-corrected chi connectivity index (χ1v) is 13.4. The van der Waals surface area contributed by atoms with Crippen LogP contribution < -0.4 is 9.47 Å². The number of nitrogens with zero attached hydrogens (tertiary/aromatic N) is 4. The summed E-state index contributed by atoms with van der Waals surface area (Å²) in [6.45, 7) is 6.71. The number of methoxy groups -OCH3 is 2. The number of pyridine rings is 1. The van der Waals surface area contributed by atoms with Gasteiger partial charge in [-0.2, -0.15) is 0 Å². The third-order valence-electron chi connectivity index (χ3n) is 8.22. The largest absolute Gasteiger partial charge is 0.493 e. The van der Waals surface area contributed by atoms with Crippen molar-refractivity contribution in [2.75, 3.05) is 46.9 Å². The number of H-pyrrole nitrogens is 1. The number of piperazine rings is 1. The normalized spacial score (nSPS) is 18.3. The zero-order valence-corrected chi connectivity index (χ0v) is 21.5. The molecule has 2 fully saturated rings. The molecule has 6 rings (SSSR count). The Morgan fingerprint density at radius 3 is 2.47 bits per heavy atom. The molecule has 0 unspecified atom stereocenters. The highest BCUT2D eigenvalue weighted by molar-refractivity contribution is 5.99. The van der Waals surface area contributed by atoms with Crippen molar-refractivity contribution >= 4 is 21.9 Å². The number of fused-ring (bicyclic) bond motifs is 2. The van der Waals surface area contributed by atoms with Crippen molar-refractivity contribution in [3.63, 3.8) is 0 Å². The minimum atomic E-state index is 0.747. The Morgan fingerprint density at radius 1 is 0.944 bits per heavy atom. The predicted molar refractivity (Wildman–Crippen MR) is 145 cm³/mol. The first-order chi connectivity index (χ1) is 17.7. The average molecular weight is 488 g/mol. The van der Waals surface area contributed by atoms with Crippen molar-refractivity contribution < 1.29 is 9.47 Å². The second-order valence-corrected chi connectivity index (χ2v) is 10.3. The van der Waals surface area contributed by atoms with E-state index in [2.05, 4.69) is 54.8 Å². The van der Waals surface area contributed by atoms with Gasteiger partial charge in [0.15, 0.2) is 11.5 Å². The molecule has 1 aliphatic carbocycles. The summed E-state index contributed by atoms with van der Waals surface area (Å²) in [5.41, 5.74) is 4.30. The molecule has 0 bridgehead atoms. The molecule has 7 nitrogen and oxygen atoms in total. The Kier molecular flexibility index (Phi) is 6.59. The third-order valence-corrected chi connectivity index (χ3v) is 8.22. The van der Waals surface area contributed by atoms with Crippen LogP contribution >= 0.6 is 0 Å². The van der Waals surface area contributed by atoms with E-state index in [0.29, 0.717) is 0 Å². The maximum absolute atomic E-state index is 5.65. The van der Waals surface area contributed by atoms with Crippen LogP contribution in [0.5, 0.6) is 11.5 Å². The summed E-state index contributed by atoms with van der Waals surface area (Å²) in [5, 5.41) is 2.27. The number of aromatic nitrogens is 3. The van der Waals surface area contributed by atoms with E-state index in [1.54, 1.807) is 14.2 Å². The molecule has 0 atom stereocenters. The summed E-state index contributed by atoms with van der Waals surface area (Å²) in [5.74, 6) is 1.51. The Hall–Kier alpha value is -3.03. The number of hydrogen-bond donors (Lipinski definition) is 1. The lowest BCUT2D eigenvalue weighted by Crippen LogP contribution is -2.51. The molecule has 190 valence electrons. The monoisotopic (exact) mass is 487 g/mol. The second kappa shape index (κ2) is 10.1. The predicted octanol–water partition coefficient (Wildman–Crippen LogP) is 5.15. The Morgan fingerprint density at radius 2 is 1.72 bits per heavy atom. The highest BCUT2D eigenvalue weighted by Crippen LogP contribution is 2.39. The van der Waals surface area contributed by atoms with Crippen LogP contribution in [0.3, 0.4) is 0 Å². The number of rotatable bonds is 7. The number of benzene rings is 1. The standard InChI is InChI=1S/C29H37N5O2/c1-35-27-18-23-24(25-17-21-7-6-10-30-29(21)31-25)20-34(26(23)19-28(27)36-2)16-13-32-11-14-33(15-12-32)22-8-4-3-5-9-22/h6-7,10,17-20,22H,3-5,8-9,11-16H2,1-2H3,(H,30,31). The molecule has 1 N–H and O–H groups in total. The highest BCUT2D eigenvalue weighted by atomic mass is 16.5. The quantitative estimate of drug-likeness (QED) is 0.391. The van der Waals surface area contributed by atoms with Crippen LogP contribution in [0, 0.1) is 0 Å². The van der Waals surface area contributed by atoms with Crippen molar-refractivity contribution in [3.8, 4) is 22.8 Å². The summed E-state index contributed by atoms with van der Waals surface area (Å²) in [6.07, 6.45) is 11.1. The Labute approximate surface area is 213 Å². The minimum absolute atomic E-state index is 0.747. The SMILES string of the molecule is COc1cc2c(-c3cc4cccnc4[nH]3)cn(CCN3CCN(C4CCCCC4)CC3)c2cc1OC.